The molecule has 1 saturated heterocycles. The van der Waals surface area contributed by atoms with Crippen LogP contribution in [0, 0.1) is 0 Å². The predicted molar refractivity (Wildman–Crippen MR) is 119 cm³/mol. The van der Waals surface area contributed by atoms with Crippen molar-refractivity contribution in [3.05, 3.63) is 90.3 Å². The second-order valence-electron chi connectivity index (χ2n) is 7.82. The molecule has 1 fully saturated rings. The molecule has 2 aromatic carbocycles. The molecule has 1 unspecified atom stereocenters. The Kier molecular flexibility index (Phi) is 6.62. The van der Waals surface area contributed by atoms with Gasteiger partial charge in [-0.1, -0.05) is 36.4 Å². The van der Waals surface area contributed by atoms with Crippen LogP contribution >= 0.6 is 0 Å². The van der Waals surface area contributed by atoms with Gasteiger partial charge in [0.25, 0.3) is 5.91 Å². The molecule has 0 spiro atoms. The van der Waals surface area contributed by atoms with Gasteiger partial charge in [-0.25, -0.2) is 0 Å². The first-order chi connectivity index (χ1) is 14.7. The number of hydrogen-bond donors (Lipinski definition) is 0. The number of benzene rings is 2. The van der Waals surface area contributed by atoms with Gasteiger partial charge >= 0.3 is 0 Å². The molecule has 5 nitrogen and oxygen atoms in total. The molecule has 1 atom stereocenters. The third kappa shape index (κ3) is 4.99. The molecule has 0 bridgehead atoms. The molecule has 2 heterocycles. The molecule has 0 radical (unpaired) electrons. The van der Waals surface area contributed by atoms with E-state index in [0.29, 0.717) is 12.1 Å². The van der Waals surface area contributed by atoms with Crippen LogP contribution in [0.5, 0.6) is 0 Å². The quantitative estimate of drug-likeness (QED) is 0.602. The molecule has 1 aliphatic heterocycles. The molecule has 1 amide bonds. The Morgan fingerprint density at radius 2 is 1.73 bits per heavy atom. The summed E-state index contributed by atoms with van der Waals surface area (Å²) in [5, 5.41) is 0. The number of morpholine rings is 1. The highest BCUT2D eigenvalue weighted by Gasteiger charge is 2.24. The van der Waals surface area contributed by atoms with Gasteiger partial charge in [0.05, 0.1) is 13.2 Å². The van der Waals surface area contributed by atoms with Gasteiger partial charge in [-0.15, -0.1) is 0 Å². The highest BCUT2D eigenvalue weighted by Crippen LogP contribution is 2.18. The molecule has 0 saturated carbocycles. The van der Waals surface area contributed by atoms with Gasteiger partial charge in [0.15, 0.2) is 0 Å². The van der Waals surface area contributed by atoms with Crippen molar-refractivity contribution in [3.63, 3.8) is 0 Å². The van der Waals surface area contributed by atoms with E-state index >= 15 is 0 Å². The lowest BCUT2D eigenvalue weighted by atomic mass is 10.1. The predicted octanol–water partition coefficient (Wildman–Crippen LogP) is 3.84. The average molecular weight is 404 g/mol. The first-order valence-corrected chi connectivity index (χ1v) is 10.6. The topological polar surface area (TPSA) is 37.7 Å². The van der Waals surface area contributed by atoms with Crippen molar-refractivity contribution in [2.45, 2.75) is 19.5 Å². The summed E-state index contributed by atoms with van der Waals surface area (Å²) in [6.45, 7) is 6.95. The number of aromatic nitrogens is 1. The third-order valence-corrected chi connectivity index (χ3v) is 5.61. The second kappa shape index (κ2) is 9.74. The fourth-order valence-electron chi connectivity index (χ4n) is 3.94. The Labute approximate surface area is 178 Å². The van der Waals surface area contributed by atoms with Crippen LogP contribution in [0.1, 0.15) is 22.8 Å². The highest BCUT2D eigenvalue weighted by atomic mass is 16.5. The molecule has 0 aliphatic carbocycles. The first kappa shape index (κ1) is 20.4. The SMILES string of the molecule is CC(CN1CCOCC1)N(Cc1ccccc1)C(=O)c1cccc(-n2cccc2)c1. The van der Waals surface area contributed by atoms with Crippen LogP contribution in [-0.2, 0) is 11.3 Å². The Morgan fingerprint density at radius 1 is 1.00 bits per heavy atom. The van der Waals surface area contributed by atoms with Gasteiger partial charge in [-0.3, -0.25) is 9.69 Å². The van der Waals surface area contributed by atoms with Gasteiger partial charge in [0, 0.05) is 55.9 Å². The molecule has 1 aliphatic rings. The molecule has 0 N–H and O–H groups in total. The van der Waals surface area contributed by atoms with Crippen molar-refractivity contribution >= 4 is 5.91 Å². The normalized spacial score (nSPS) is 15.6. The van der Waals surface area contributed by atoms with Crippen molar-refractivity contribution < 1.29 is 9.53 Å². The molecule has 30 heavy (non-hydrogen) atoms. The third-order valence-electron chi connectivity index (χ3n) is 5.61. The first-order valence-electron chi connectivity index (χ1n) is 10.6. The van der Waals surface area contributed by atoms with Crippen LogP contribution < -0.4 is 0 Å². The number of rotatable bonds is 7. The number of hydrogen-bond acceptors (Lipinski definition) is 3. The molecule has 5 heteroatoms. The number of amides is 1. The molecule has 4 rings (SSSR count). The summed E-state index contributed by atoms with van der Waals surface area (Å²) in [6, 6.07) is 22.1. The van der Waals surface area contributed by atoms with Crippen LogP contribution in [0.25, 0.3) is 5.69 Å². The van der Waals surface area contributed by atoms with E-state index in [1.165, 1.54) is 0 Å². The van der Waals surface area contributed by atoms with Crippen LogP contribution in [0.3, 0.4) is 0 Å². The molecule has 156 valence electrons. The van der Waals surface area contributed by atoms with E-state index in [4.69, 9.17) is 4.74 Å². The van der Waals surface area contributed by atoms with E-state index in [1.54, 1.807) is 0 Å². The lowest BCUT2D eigenvalue weighted by molar-refractivity contribution is 0.0228. The molecule has 3 aromatic rings. The highest BCUT2D eigenvalue weighted by molar-refractivity contribution is 5.95. The fraction of sp³-hybridized carbons (Fsp3) is 0.320. The monoisotopic (exact) mass is 403 g/mol. The van der Waals surface area contributed by atoms with Crippen molar-refractivity contribution in [1.29, 1.82) is 0 Å². The van der Waals surface area contributed by atoms with Gasteiger partial charge in [-0.2, -0.15) is 0 Å². The minimum atomic E-state index is 0.0635. The van der Waals surface area contributed by atoms with E-state index < -0.39 is 0 Å². The minimum absolute atomic E-state index is 0.0635. The Morgan fingerprint density at radius 3 is 2.47 bits per heavy atom. The summed E-state index contributed by atoms with van der Waals surface area (Å²) >= 11 is 0. The zero-order valence-corrected chi connectivity index (χ0v) is 17.5. The van der Waals surface area contributed by atoms with E-state index in [-0.39, 0.29) is 11.9 Å². The number of nitrogens with zero attached hydrogens (tertiary/aromatic N) is 3. The Hall–Kier alpha value is -2.89. The van der Waals surface area contributed by atoms with Crippen molar-refractivity contribution in [2.75, 3.05) is 32.8 Å². The lowest BCUT2D eigenvalue weighted by Crippen LogP contribution is -2.48. The van der Waals surface area contributed by atoms with Crippen molar-refractivity contribution in [2.24, 2.45) is 0 Å². The van der Waals surface area contributed by atoms with E-state index in [1.807, 2.05) is 76.5 Å². The lowest BCUT2D eigenvalue weighted by Gasteiger charge is -2.35. The Bertz CT molecular complexity index is 934. The van der Waals surface area contributed by atoms with Gasteiger partial charge < -0.3 is 14.2 Å². The fourth-order valence-corrected chi connectivity index (χ4v) is 3.94. The van der Waals surface area contributed by atoms with Crippen LogP contribution in [-0.4, -0.2) is 59.2 Å². The van der Waals surface area contributed by atoms with Crippen molar-refractivity contribution in [3.8, 4) is 5.69 Å². The van der Waals surface area contributed by atoms with Gasteiger partial charge in [0.1, 0.15) is 0 Å². The molecular formula is C25H29N3O2. The number of carbonyl (C=O) groups excluding carboxylic acids is 1. The van der Waals surface area contributed by atoms with Gasteiger partial charge in [0.2, 0.25) is 0 Å². The minimum Gasteiger partial charge on any atom is -0.379 e. The van der Waals surface area contributed by atoms with Gasteiger partial charge in [-0.05, 0) is 42.8 Å². The van der Waals surface area contributed by atoms with Crippen molar-refractivity contribution in [1.82, 2.24) is 14.4 Å². The maximum atomic E-state index is 13.6. The molecular weight excluding hydrogens is 374 g/mol. The summed E-state index contributed by atoms with van der Waals surface area (Å²) in [7, 11) is 0. The maximum Gasteiger partial charge on any atom is 0.254 e. The standard InChI is InChI=1S/C25H29N3O2/c1-21(19-26-14-16-30-17-15-26)28(20-22-8-3-2-4-9-22)25(29)23-10-7-11-24(18-23)27-12-5-6-13-27/h2-13,18,21H,14-17,19-20H2,1H3. The summed E-state index contributed by atoms with van der Waals surface area (Å²) in [5.74, 6) is 0.0635. The van der Waals surface area contributed by atoms with E-state index in [9.17, 15) is 4.79 Å². The van der Waals surface area contributed by atoms with E-state index in [2.05, 4.69) is 24.0 Å². The summed E-state index contributed by atoms with van der Waals surface area (Å²) in [5.41, 5.74) is 2.85. The number of carbonyl (C=O) groups is 1. The Balaban J connectivity index is 1.57. The van der Waals surface area contributed by atoms with Crippen LogP contribution in [0.4, 0.5) is 0 Å². The summed E-state index contributed by atoms with van der Waals surface area (Å²) in [4.78, 5) is 18.0. The summed E-state index contributed by atoms with van der Waals surface area (Å²) in [6.07, 6.45) is 3.98. The molecule has 1 aromatic heterocycles. The maximum absolute atomic E-state index is 13.6. The zero-order chi connectivity index (χ0) is 20.8. The van der Waals surface area contributed by atoms with Crippen LogP contribution in [0.15, 0.2) is 79.1 Å². The average Bonchev–Trinajstić information content (AvgIpc) is 3.33. The smallest absolute Gasteiger partial charge is 0.254 e. The van der Waals surface area contributed by atoms with E-state index in [0.717, 1.165) is 44.1 Å². The summed E-state index contributed by atoms with van der Waals surface area (Å²) < 4.78 is 7.50. The van der Waals surface area contributed by atoms with Crippen LogP contribution in [0.2, 0.25) is 0 Å². The largest absolute Gasteiger partial charge is 0.379 e. The zero-order valence-electron chi connectivity index (χ0n) is 17.5. The second-order valence-corrected chi connectivity index (χ2v) is 7.82. The number of ether oxygens (including phenoxy) is 1.